The minimum Gasteiger partial charge on any atom is -0.431 e. The zero-order chi connectivity index (χ0) is 13.8. The van der Waals surface area contributed by atoms with E-state index in [1.54, 1.807) is 0 Å². The van der Waals surface area contributed by atoms with Gasteiger partial charge in [-0.05, 0) is 32.9 Å². The summed E-state index contributed by atoms with van der Waals surface area (Å²) >= 11 is 1.37. The maximum absolute atomic E-state index is 12.2. The molecule has 0 saturated carbocycles. The quantitative estimate of drug-likeness (QED) is 0.788. The summed E-state index contributed by atoms with van der Waals surface area (Å²) in [5.74, 6) is 0.122. The van der Waals surface area contributed by atoms with Crippen LogP contribution in [-0.2, 0) is 4.79 Å². The van der Waals surface area contributed by atoms with Crippen LogP contribution in [0.4, 0.5) is 0 Å². The van der Waals surface area contributed by atoms with Crippen LogP contribution in [0.2, 0.25) is 0 Å². The fourth-order valence-electron chi connectivity index (χ4n) is 1.90. The van der Waals surface area contributed by atoms with Crippen molar-refractivity contribution in [2.24, 2.45) is 0 Å². The van der Waals surface area contributed by atoms with Gasteiger partial charge in [-0.3, -0.25) is 4.79 Å². The van der Waals surface area contributed by atoms with E-state index >= 15 is 0 Å². The van der Waals surface area contributed by atoms with E-state index < -0.39 is 0 Å². The molecule has 1 atom stereocenters. The number of carbonyl (C=O) groups excluding carboxylic acids is 1. The smallest absolute Gasteiger partial charge is 0.257 e. The number of oxazole rings is 1. The first kappa shape index (κ1) is 13.9. The van der Waals surface area contributed by atoms with Gasteiger partial charge in [-0.15, -0.1) is 0 Å². The molecule has 1 aromatic heterocycles. The largest absolute Gasteiger partial charge is 0.431 e. The van der Waals surface area contributed by atoms with Crippen LogP contribution in [-0.4, -0.2) is 34.1 Å². The molecule has 0 N–H and O–H groups in total. The number of amides is 1. The number of hydrogen-bond donors (Lipinski definition) is 0. The van der Waals surface area contributed by atoms with Crippen LogP contribution in [0.5, 0.6) is 0 Å². The van der Waals surface area contributed by atoms with Crippen molar-refractivity contribution in [1.82, 2.24) is 9.88 Å². The molecule has 0 aliphatic carbocycles. The summed E-state index contributed by atoms with van der Waals surface area (Å²) in [7, 11) is 0. The molecule has 19 heavy (non-hydrogen) atoms. The SMILES string of the molecule is CCN(CC)C(=O)[C@H](C)Sc1nc2ccccc2o1. The van der Waals surface area contributed by atoms with E-state index in [-0.39, 0.29) is 11.2 Å². The Morgan fingerprint density at radius 1 is 1.37 bits per heavy atom. The fourth-order valence-corrected chi connectivity index (χ4v) is 2.74. The van der Waals surface area contributed by atoms with E-state index in [0.717, 1.165) is 24.2 Å². The first-order valence-electron chi connectivity index (χ1n) is 6.46. The predicted molar refractivity (Wildman–Crippen MR) is 77.3 cm³/mol. The molecule has 0 saturated heterocycles. The number of rotatable bonds is 5. The summed E-state index contributed by atoms with van der Waals surface area (Å²) in [6, 6.07) is 7.61. The van der Waals surface area contributed by atoms with E-state index in [1.807, 2.05) is 49.9 Å². The van der Waals surface area contributed by atoms with Crippen molar-refractivity contribution in [2.45, 2.75) is 31.2 Å². The Morgan fingerprint density at radius 3 is 2.68 bits per heavy atom. The molecule has 0 fully saturated rings. The van der Waals surface area contributed by atoms with E-state index in [1.165, 1.54) is 11.8 Å². The second-order valence-electron chi connectivity index (χ2n) is 4.22. The molecule has 1 aromatic carbocycles. The Morgan fingerprint density at radius 2 is 2.05 bits per heavy atom. The molecule has 5 heteroatoms. The summed E-state index contributed by atoms with van der Waals surface area (Å²) in [6.45, 7) is 7.32. The summed E-state index contributed by atoms with van der Waals surface area (Å²) in [4.78, 5) is 18.4. The monoisotopic (exact) mass is 278 g/mol. The number of aromatic nitrogens is 1. The molecule has 2 aromatic rings. The zero-order valence-electron chi connectivity index (χ0n) is 11.4. The second kappa shape index (κ2) is 6.10. The Labute approximate surface area is 117 Å². The summed E-state index contributed by atoms with van der Waals surface area (Å²) in [6.07, 6.45) is 0. The standard InChI is InChI=1S/C14H18N2O2S/c1-4-16(5-2)13(17)10(3)19-14-15-11-8-6-7-9-12(11)18-14/h6-10H,4-5H2,1-3H3/t10-/m0/s1. The highest BCUT2D eigenvalue weighted by molar-refractivity contribution is 8.00. The number of hydrogen-bond acceptors (Lipinski definition) is 4. The Kier molecular flexibility index (Phi) is 4.47. The van der Waals surface area contributed by atoms with Crippen LogP contribution >= 0.6 is 11.8 Å². The maximum Gasteiger partial charge on any atom is 0.257 e. The third-order valence-corrected chi connectivity index (χ3v) is 3.91. The Hall–Kier alpha value is -1.49. The lowest BCUT2D eigenvalue weighted by atomic mass is 10.3. The van der Waals surface area contributed by atoms with Crippen molar-refractivity contribution < 1.29 is 9.21 Å². The normalized spacial score (nSPS) is 12.6. The fraction of sp³-hybridized carbons (Fsp3) is 0.429. The van der Waals surface area contributed by atoms with E-state index in [0.29, 0.717) is 5.22 Å². The highest BCUT2D eigenvalue weighted by atomic mass is 32.2. The first-order valence-corrected chi connectivity index (χ1v) is 7.34. The third-order valence-electron chi connectivity index (χ3n) is 2.97. The number of benzene rings is 1. The molecule has 102 valence electrons. The van der Waals surface area contributed by atoms with Crippen molar-refractivity contribution in [3.63, 3.8) is 0 Å². The van der Waals surface area contributed by atoms with Crippen molar-refractivity contribution >= 4 is 28.8 Å². The van der Waals surface area contributed by atoms with E-state index in [2.05, 4.69) is 4.98 Å². The number of para-hydroxylation sites is 2. The molecule has 1 heterocycles. The Bertz CT molecular complexity index is 530. The van der Waals surface area contributed by atoms with Crippen LogP contribution in [0, 0.1) is 0 Å². The van der Waals surface area contributed by atoms with Gasteiger partial charge < -0.3 is 9.32 Å². The first-order chi connectivity index (χ1) is 9.15. The van der Waals surface area contributed by atoms with Crippen LogP contribution in [0.3, 0.4) is 0 Å². The zero-order valence-corrected chi connectivity index (χ0v) is 12.2. The molecule has 1 amide bonds. The lowest BCUT2D eigenvalue weighted by molar-refractivity contribution is -0.129. The van der Waals surface area contributed by atoms with Gasteiger partial charge in [0.25, 0.3) is 5.22 Å². The minimum atomic E-state index is -0.187. The van der Waals surface area contributed by atoms with Gasteiger partial charge in [-0.25, -0.2) is 4.98 Å². The molecule has 0 radical (unpaired) electrons. The lowest BCUT2D eigenvalue weighted by Gasteiger charge is -2.21. The highest BCUT2D eigenvalue weighted by Gasteiger charge is 2.21. The van der Waals surface area contributed by atoms with Gasteiger partial charge in [0.15, 0.2) is 5.58 Å². The summed E-state index contributed by atoms with van der Waals surface area (Å²) < 4.78 is 5.62. The average molecular weight is 278 g/mol. The van der Waals surface area contributed by atoms with Crippen LogP contribution in [0.1, 0.15) is 20.8 Å². The molecule has 0 bridgehead atoms. The lowest BCUT2D eigenvalue weighted by Crippen LogP contribution is -2.36. The number of fused-ring (bicyclic) bond motifs is 1. The van der Waals surface area contributed by atoms with Crippen LogP contribution < -0.4 is 0 Å². The second-order valence-corrected chi connectivity index (χ2v) is 5.51. The van der Waals surface area contributed by atoms with Gasteiger partial charge in [-0.2, -0.15) is 0 Å². The summed E-state index contributed by atoms with van der Waals surface area (Å²) in [5, 5.41) is 0.363. The maximum atomic E-state index is 12.2. The molecule has 0 spiro atoms. The van der Waals surface area contributed by atoms with Crippen molar-refractivity contribution in [3.8, 4) is 0 Å². The molecule has 0 unspecified atom stereocenters. The molecule has 0 aliphatic rings. The van der Waals surface area contributed by atoms with Crippen molar-refractivity contribution in [2.75, 3.05) is 13.1 Å². The Balaban J connectivity index is 2.09. The van der Waals surface area contributed by atoms with E-state index in [9.17, 15) is 4.79 Å². The topological polar surface area (TPSA) is 46.3 Å². The van der Waals surface area contributed by atoms with Gasteiger partial charge in [0.05, 0.1) is 5.25 Å². The summed E-state index contributed by atoms with van der Waals surface area (Å²) in [5.41, 5.74) is 1.58. The van der Waals surface area contributed by atoms with Gasteiger partial charge >= 0.3 is 0 Å². The molecule has 0 aliphatic heterocycles. The van der Waals surface area contributed by atoms with Gasteiger partial charge in [0.2, 0.25) is 5.91 Å². The number of nitrogens with zero attached hydrogens (tertiary/aromatic N) is 2. The third kappa shape index (κ3) is 3.10. The van der Waals surface area contributed by atoms with Gasteiger partial charge in [0, 0.05) is 13.1 Å². The van der Waals surface area contributed by atoms with Crippen LogP contribution in [0.25, 0.3) is 11.1 Å². The minimum absolute atomic E-state index is 0.122. The predicted octanol–water partition coefficient (Wildman–Crippen LogP) is 3.18. The molecular weight excluding hydrogens is 260 g/mol. The van der Waals surface area contributed by atoms with E-state index in [4.69, 9.17) is 4.42 Å². The highest BCUT2D eigenvalue weighted by Crippen LogP contribution is 2.27. The molecular formula is C14H18N2O2S. The number of carbonyl (C=O) groups is 1. The average Bonchev–Trinajstić information content (AvgIpc) is 2.82. The van der Waals surface area contributed by atoms with Gasteiger partial charge in [0.1, 0.15) is 5.52 Å². The van der Waals surface area contributed by atoms with Gasteiger partial charge in [-0.1, -0.05) is 23.9 Å². The van der Waals surface area contributed by atoms with Crippen molar-refractivity contribution in [1.29, 1.82) is 0 Å². The number of thioether (sulfide) groups is 1. The van der Waals surface area contributed by atoms with Crippen molar-refractivity contribution in [3.05, 3.63) is 24.3 Å². The molecule has 2 rings (SSSR count). The molecule has 4 nitrogen and oxygen atoms in total. The van der Waals surface area contributed by atoms with Crippen LogP contribution in [0.15, 0.2) is 33.9 Å².